The second-order valence-electron chi connectivity index (χ2n) is 3.30. The van der Waals surface area contributed by atoms with Crippen LogP contribution in [0.15, 0.2) is 23.1 Å². The van der Waals surface area contributed by atoms with E-state index in [4.69, 9.17) is 9.92 Å². The molecule has 0 aromatic heterocycles. The Labute approximate surface area is 80.2 Å². The van der Waals surface area contributed by atoms with Crippen LogP contribution in [0, 0.1) is 4.78 Å². The second kappa shape index (κ2) is 4.55. The molecule has 0 aliphatic heterocycles. The van der Waals surface area contributed by atoms with Crippen molar-refractivity contribution in [3.8, 4) is 0 Å². The second-order valence-corrected chi connectivity index (χ2v) is 5.02. The largest absolute Gasteiger partial charge is 0.305 e. The van der Waals surface area contributed by atoms with Gasteiger partial charge in [-0.15, -0.1) is 0 Å². The van der Waals surface area contributed by atoms with Gasteiger partial charge < -0.3 is 4.90 Å². The molecule has 76 valence electrons. The molecular formula is C8H17N3OS. The van der Waals surface area contributed by atoms with E-state index in [1.165, 1.54) is 0 Å². The fraction of sp³-hybridized carbons (Fsp3) is 0.500. The predicted octanol–water partition coefficient (Wildman–Crippen LogP) is 0.928. The van der Waals surface area contributed by atoms with Gasteiger partial charge in [0.15, 0.2) is 0 Å². The summed E-state index contributed by atoms with van der Waals surface area (Å²) in [6, 6.07) is 0. The molecule has 0 radical (unpaired) electrons. The lowest BCUT2D eigenvalue weighted by atomic mass is 10.3. The van der Waals surface area contributed by atoms with Crippen LogP contribution in [0.1, 0.15) is 6.92 Å². The fourth-order valence-corrected chi connectivity index (χ4v) is 1.28. The number of rotatable bonds is 4. The number of nitrogens with one attached hydrogen (secondary N) is 1. The number of nitrogens with two attached hydrogens (primary N) is 1. The van der Waals surface area contributed by atoms with Crippen molar-refractivity contribution in [2.45, 2.75) is 6.92 Å². The van der Waals surface area contributed by atoms with Crippen molar-refractivity contribution in [1.29, 1.82) is 4.78 Å². The van der Waals surface area contributed by atoms with E-state index in [-0.39, 0.29) is 4.91 Å². The molecule has 0 spiro atoms. The van der Waals surface area contributed by atoms with Gasteiger partial charge in [0.25, 0.3) is 0 Å². The zero-order valence-corrected chi connectivity index (χ0v) is 9.15. The van der Waals surface area contributed by atoms with Gasteiger partial charge in [-0.05, 0) is 27.1 Å². The maximum atomic E-state index is 11.0. The van der Waals surface area contributed by atoms with Crippen molar-refractivity contribution in [3.63, 3.8) is 0 Å². The zero-order chi connectivity index (χ0) is 10.6. The minimum Gasteiger partial charge on any atom is -0.305 e. The zero-order valence-electron chi connectivity index (χ0n) is 8.33. The lowest BCUT2D eigenvalue weighted by Gasteiger charge is -2.10. The maximum Gasteiger partial charge on any atom is 0.131 e. The molecule has 0 bridgehead atoms. The first-order valence-corrected chi connectivity index (χ1v) is 5.43. The molecule has 0 rings (SSSR count). The summed E-state index contributed by atoms with van der Waals surface area (Å²) in [5.41, 5.74) is 0.987. The van der Waals surface area contributed by atoms with Crippen molar-refractivity contribution in [3.05, 3.63) is 23.1 Å². The molecule has 4 nitrogen and oxygen atoms in total. The highest BCUT2D eigenvalue weighted by atomic mass is 32.2. The molecule has 0 aliphatic carbocycles. The summed E-state index contributed by atoms with van der Waals surface area (Å²) in [5.74, 6) is 0. The summed E-state index contributed by atoms with van der Waals surface area (Å²) in [7, 11) is 0.739. The summed E-state index contributed by atoms with van der Waals surface area (Å²) in [5, 5.41) is 5.09. The molecule has 0 aromatic rings. The van der Waals surface area contributed by atoms with Crippen LogP contribution in [0.25, 0.3) is 0 Å². The summed E-state index contributed by atoms with van der Waals surface area (Å²) >= 11 is 0. The van der Waals surface area contributed by atoms with Crippen LogP contribution in [0.3, 0.4) is 0 Å². The molecule has 0 aliphatic rings. The average Bonchev–Trinajstić information content (AvgIpc) is 1.82. The standard InChI is InChI=1S/C8H17N3OS/c1-7(6-11(3)4)5-8(2)13(9,10)12/h5H,2,6H2,1,3-4H3,(H3,9,10,12)/b7-5+. The van der Waals surface area contributed by atoms with E-state index in [1.54, 1.807) is 6.08 Å². The monoisotopic (exact) mass is 203 g/mol. The van der Waals surface area contributed by atoms with Gasteiger partial charge in [-0.25, -0.2) is 14.1 Å². The Morgan fingerprint density at radius 1 is 1.69 bits per heavy atom. The Morgan fingerprint density at radius 3 is 2.46 bits per heavy atom. The van der Waals surface area contributed by atoms with Gasteiger partial charge in [0, 0.05) is 6.54 Å². The first-order chi connectivity index (χ1) is 5.73. The Morgan fingerprint density at radius 2 is 2.15 bits per heavy atom. The van der Waals surface area contributed by atoms with Crippen molar-refractivity contribution in [2.75, 3.05) is 20.6 Å². The third-order valence-electron chi connectivity index (χ3n) is 1.36. The molecule has 0 saturated carbocycles. The van der Waals surface area contributed by atoms with Gasteiger partial charge in [-0.1, -0.05) is 12.2 Å². The highest BCUT2D eigenvalue weighted by molar-refractivity contribution is 7.94. The first-order valence-electron chi connectivity index (χ1n) is 3.81. The number of hydrogen-bond donors (Lipinski definition) is 2. The Bertz CT molecular complexity index is 314. The van der Waals surface area contributed by atoms with Crippen LogP contribution in [-0.2, 0) is 9.92 Å². The van der Waals surface area contributed by atoms with Crippen LogP contribution in [-0.4, -0.2) is 29.7 Å². The van der Waals surface area contributed by atoms with E-state index in [2.05, 4.69) is 6.58 Å². The van der Waals surface area contributed by atoms with Crippen molar-refractivity contribution < 1.29 is 4.21 Å². The molecule has 0 aromatic carbocycles. The van der Waals surface area contributed by atoms with Crippen LogP contribution in [0.4, 0.5) is 0 Å². The summed E-state index contributed by atoms with van der Waals surface area (Å²) in [6.45, 7) is 6.12. The van der Waals surface area contributed by atoms with Crippen LogP contribution in [0.2, 0.25) is 0 Å². The van der Waals surface area contributed by atoms with E-state index in [9.17, 15) is 4.21 Å². The van der Waals surface area contributed by atoms with E-state index in [0.29, 0.717) is 0 Å². The highest BCUT2D eigenvalue weighted by Crippen LogP contribution is 2.05. The van der Waals surface area contributed by atoms with E-state index >= 15 is 0 Å². The molecular weight excluding hydrogens is 186 g/mol. The molecule has 0 heterocycles. The molecule has 1 atom stereocenters. The van der Waals surface area contributed by atoms with Crippen molar-refractivity contribution >= 4 is 9.92 Å². The Balaban J connectivity index is 4.50. The molecule has 13 heavy (non-hydrogen) atoms. The van der Waals surface area contributed by atoms with Gasteiger partial charge in [-0.3, -0.25) is 0 Å². The Hall–Kier alpha value is -0.650. The lowest BCUT2D eigenvalue weighted by Crippen LogP contribution is -2.15. The normalized spacial score (nSPS) is 17.2. The summed E-state index contributed by atoms with van der Waals surface area (Å²) < 4.78 is 18.1. The Kier molecular flexibility index (Phi) is 4.32. The van der Waals surface area contributed by atoms with Gasteiger partial charge in [0.05, 0.1) is 4.91 Å². The molecule has 5 heteroatoms. The number of likely N-dealkylation sites (N-methyl/N-ethyl adjacent to an activating group) is 1. The van der Waals surface area contributed by atoms with E-state index in [0.717, 1.165) is 12.1 Å². The number of hydrogen-bond acceptors (Lipinski definition) is 3. The molecule has 1 unspecified atom stereocenters. The molecule has 0 amide bonds. The highest BCUT2D eigenvalue weighted by Gasteiger charge is 2.02. The maximum absolute atomic E-state index is 11.0. The third kappa shape index (κ3) is 5.57. The summed E-state index contributed by atoms with van der Waals surface area (Å²) in [6.07, 6.45) is 1.61. The van der Waals surface area contributed by atoms with Crippen LogP contribution in [0.5, 0.6) is 0 Å². The molecule has 3 N–H and O–H groups in total. The van der Waals surface area contributed by atoms with E-state index < -0.39 is 9.92 Å². The topological polar surface area (TPSA) is 70.2 Å². The van der Waals surface area contributed by atoms with Gasteiger partial charge in [0.2, 0.25) is 0 Å². The first kappa shape index (κ1) is 12.3. The van der Waals surface area contributed by atoms with Gasteiger partial charge in [0.1, 0.15) is 9.92 Å². The fourth-order valence-electron chi connectivity index (χ4n) is 0.907. The van der Waals surface area contributed by atoms with Gasteiger partial charge >= 0.3 is 0 Å². The molecule has 0 fully saturated rings. The number of allylic oxidation sites excluding steroid dienone is 1. The van der Waals surface area contributed by atoms with Crippen LogP contribution < -0.4 is 5.14 Å². The SMILES string of the molecule is C=C(/C=C(\C)CN(C)C)S(=N)(N)=O. The smallest absolute Gasteiger partial charge is 0.131 e. The number of nitrogens with zero attached hydrogens (tertiary/aromatic N) is 1. The van der Waals surface area contributed by atoms with Crippen LogP contribution >= 0.6 is 0 Å². The van der Waals surface area contributed by atoms with E-state index in [1.807, 2.05) is 25.9 Å². The van der Waals surface area contributed by atoms with Gasteiger partial charge in [-0.2, -0.15) is 0 Å². The minimum atomic E-state index is -3.12. The lowest BCUT2D eigenvalue weighted by molar-refractivity contribution is 0.445. The predicted molar refractivity (Wildman–Crippen MR) is 56.5 cm³/mol. The molecule has 0 saturated heterocycles. The van der Waals surface area contributed by atoms with Crippen molar-refractivity contribution in [2.24, 2.45) is 5.14 Å². The van der Waals surface area contributed by atoms with Crippen molar-refractivity contribution in [1.82, 2.24) is 4.90 Å². The quantitative estimate of drug-likeness (QED) is 0.667. The average molecular weight is 203 g/mol. The minimum absolute atomic E-state index is 0.173. The summed E-state index contributed by atoms with van der Waals surface area (Å²) in [4.78, 5) is 2.15. The third-order valence-corrected chi connectivity index (χ3v) is 2.26.